The molecule has 1 aliphatic carbocycles. The van der Waals surface area contributed by atoms with Gasteiger partial charge < -0.3 is 10.5 Å². The van der Waals surface area contributed by atoms with E-state index in [0.717, 1.165) is 5.69 Å². The molecule has 0 atom stereocenters. The Hall–Kier alpha value is -1.32. The summed E-state index contributed by atoms with van der Waals surface area (Å²) in [7, 11) is 0. The summed E-state index contributed by atoms with van der Waals surface area (Å²) in [6.07, 6.45) is 2.40. The summed E-state index contributed by atoms with van der Waals surface area (Å²) in [6.45, 7) is 5.96. The van der Waals surface area contributed by atoms with Gasteiger partial charge in [-0.3, -0.25) is 0 Å². The SMILES string of the molecule is CC(C)(C)Oc1cc(C2CC2)nc(N)n1. The van der Waals surface area contributed by atoms with E-state index in [2.05, 4.69) is 9.97 Å². The van der Waals surface area contributed by atoms with E-state index in [1.165, 1.54) is 12.8 Å². The predicted octanol–water partition coefficient (Wildman–Crippen LogP) is 2.11. The van der Waals surface area contributed by atoms with Gasteiger partial charge in [-0.15, -0.1) is 0 Å². The zero-order valence-corrected chi connectivity index (χ0v) is 9.45. The van der Waals surface area contributed by atoms with Gasteiger partial charge in [0.1, 0.15) is 5.60 Å². The molecule has 15 heavy (non-hydrogen) atoms. The molecule has 4 heteroatoms. The van der Waals surface area contributed by atoms with Crippen molar-refractivity contribution in [2.24, 2.45) is 0 Å². The van der Waals surface area contributed by atoms with Gasteiger partial charge >= 0.3 is 0 Å². The van der Waals surface area contributed by atoms with Crippen LogP contribution >= 0.6 is 0 Å². The van der Waals surface area contributed by atoms with E-state index in [0.29, 0.717) is 17.7 Å². The predicted molar refractivity (Wildman–Crippen MR) is 58.8 cm³/mol. The molecule has 1 fully saturated rings. The molecule has 0 unspecified atom stereocenters. The zero-order valence-electron chi connectivity index (χ0n) is 9.45. The number of aromatic nitrogens is 2. The number of rotatable bonds is 2. The molecule has 0 bridgehead atoms. The molecule has 82 valence electrons. The minimum absolute atomic E-state index is 0.248. The van der Waals surface area contributed by atoms with Gasteiger partial charge in [0.2, 0.25) is 11.8 Å². The van der Waals surface area contributed by atoms with Crippen molar-refractivity contribution in [1.82, 2.24) is 9.97 Å². The molecule has 1 aromatic rings. The fourth-order valence-corrected chi connectivity index (χ4v) is 1.42. The van der Waals surface area contributed by atoms with Gasteiger partial charge in [0, 0.05) is 12.0 Å². The van der Waals surface area contributed by atoms with Crippen molar-refractivity contribution in [1.29, 1.82) is 0 Å². The van der Waals surface area contributed by atoms with Crippen molar-refractivity contribution in [3.63, 3.8) is 0 Å². The van der Waals surface area contributed by atoms with Crippen LogP contribution in [0.4, 0.5) is 5.95 Å². The molecule has 0 amide bonds. The molecule has 0 aliphatic heterocycles. The number of anilines is 1. The molecule has 1 heterocycles. The van der Waals surface area contributed by atoms with Gasteiger partial charge in [0.05, 0.1) is 5.69 Å². The highest BCUT2D eigenvalue weighted by Crippen LogP contribution is 2.40. The van der Waals surface area contributed by atoms with Crippen LogP contribution in [0.2, 0.25) is 0 Å². The van der Waals surface area contributed by atoms with Crippen molar-refractivity contribution >= 4 is 5.95 Å². The summed E-state index contributed by atoms with van der Waals surface area (Å²) in [6, 6.07) is 1.90. The molecule has 0 radical (unpaired) electrons. The van der Waals surface area contributed by atoms with E-state index in [4.69, 9.17) is 10.5 Å². The monoisotopic (exact) mass is 207 g/mol. The number of hydrogen-bond acceptors (Lipinski definition) is 4. The number of nitrogens with zero attached hydrogens (tertiary/aromatic N) is 2. The second-order valence-electron chi connectivity index (χ2n) is 4.98. The fourth-order valence-electron chi connectivity index (χ4n) is 1.42. The lowest BCUT2D eigenvalue weighted by molar-refractivity contribution is 0.124. The van der Waals surface area contributed by atoms with E-state index in [9.17, 15) is 0 Å². The van der Waals surface area contributed by atoms with E-state index in [1.54, 1.807) is 0 Å². The molecular formula is C11H17N3O. The van der Waals surface area contributed by atoms with Gasteiger partial charge in [-0.2, -0.15) is 4.98 Å². The lowest BCUT2D eigenvalue weighted by Gasteiger charge is -2.20. The van der Waals surface area contributed by atoms with Crippen LogP contribution in [-0.2, 0) is 0 Å². The highest BCUT2D eigenvalue weighted by Gasteiger charge is 2.26. The Morgan fingerprint density at radius 2 is 2.00 bits per heavy atom. The summed E-state index contributed by atoms with van der Waals surface area (Å²) in [4.78, 5) is 8.29. The van der Waals surface area contributed by atoms with Crippen molar-refractivity contribution in [3.8, 4) is 5.88 Å². The van der Waals surface area contributed by atoms with Crippen molar-refractivity contribution < 1.29 is 4.74 Å². The number of ether oxygens (including phenoxy) is 1. The second-order valence-corrected chi connectivity index (χ2v) is 4.98. The van der Waals surface area contributed by atoms with Gasteiger partial charge in [-0.1, -0.05) is 0 Å². The maximum absolute atomic E-state index is 5.67. The maximum atomic E-state index is 5.67. The van der Waals surface area contributed by atoms with Crippen LogP contribution < -0.4 is 10.5 Å². The lowest BCUT2D eigenvalue weighted by Crippen LogP contribution is -2.24. The number of hydrogen-bond donors (Lipinski definition) is 1. The molecule has 0 spiro atoms. The Bertz CT molecular complexity index is 367. The highest BCUT2D eigenvalue weighted by molar-refractivity contribution is 5.30. The van der Waals surface area contributed by atoms with Crippen molar-refractivity contribution in [2.45, 2.75) is 45.1 Å². The zero-order chi connectivity index (χ0) is 11.1. The van der Waals surface area contributed by atoms with Crippen molar-refractivity contribution in [2.75, 3.05) is 5.73 Å². The van der Waals surface area contributed by atoms with Crippen LogP contribution in [0.15, 0.2) is 6.07 Å². The van der Waals surface area contributed by atoms with E-state index in [-0.39, 0.29) is 5.60 Å². The van der Waals surface area contributed by atoms with Crippen LogP contribution in [0, 0.1) is 0 Å². The first-order valence-electron chi connectivity index (χ1n) is 5.27. The summed E-state index contributed by atoms with van der Waals surface area (Å²) >= 11 is 0. The fraction of sp³-hybridized carbons (Fsp3) is 0.636. The molecule has 1 aliphatic rings. The summed E-state index contributed by atoms with van der Waals surface area (Å²) in [5.74, 6) is 1.45. The first-order valence-corrected chi connectivity index (χ1v) is 5.27. The molecular weight excluding hydrogens is 190 g/mol. The summed E-state index contributed by atoms with van der Waals surface area (Å²) < 4.78 is 5.67. The minimum Gasteiger partial charge on any atom is -0.472 e. The van der Waals surface area contributed by atoms with E-state index in [1.807, 2.05) is 26.8 Å². The Morgan fingerprint density at radius 1 is 1.33 bits per heavy atom. The highest BCUT2D eigenvalue weighted by atomic mass is 16.5. The second kappa shape index (κ2) is 3.36. The third-order valence-corrected chi connectivity index (χ3v) is 2.15. The lowest BCUT2D eigenvalue weighted by atomic mass is 10.2. The number of nitrogens with two attached hydrogens (primary N) is 1. The quantitative estimate of drug-likeness (QED) is 0.806. The average Bonchev–Trinajstić information content (AvgIpc) is 2.80. The number of nitrogen functional groups attached to an aromatic ring is 1. The smallest absolute Gasteiger partial charge is 0.223 e. The molecule has 1 saturated carbocycles. The van der Waals surface area contributed by atoms with E-state index < -0.39 is 0 Å². The van der Waals surface area contributed by atoms with Crippen LogP contribution in [0.25, 0.3) is 0 Å². The minimum atomic E-state index is -0.248. The van der Waals surface area contributed by atoms with Crippen LogP contribution in [0.5, 0.6) is 5.88 Å². The largest absolute Gasteiger partial charge is 0.472 e. The molecule has 0 saturated heterocycles. The molecule has 2 rings (SSSR count). The Morgan fingerprint density at radius 3 is 2.53 bits per heavy atom. The van der Waals surface area contributed by atoms with Gasteiger partial charge in [-0.05, 0) is 33.6 Å². The molecule has 1 aromatic heterocycles. The summed E-state index contributed by atoms with van der Waals surface area (Å²) in [5.41, 5.74) is 6.41. The van der Waals surface area contributed by atoms with Gasteiger partial charge in [0.25, 0.3) is 0 Å². The van der Waals surface area contributed by atoms with Crippen LogP contribution in [0.1, 0.15) is 45.2 Å². The average molecular weight is 207 g/mol. The Balaban J connectivity index is 2.23. The van der Waals surface area contributed by atoms with Crippen LogP contribution in [0.3, 0.4) is 0 Å². The molecule has 4 nitrogen and oxygen atoms in total. The summed E-state index contributed by atoms with van der Waals surface area (Å²) in [5, 5.41) is 0. The molecule has 2 N–H and O–H groups in total. The van der Waals surface area contributed by atoms with Gasteiger partial charge in [0.15, 0.2) is 0 Å². The topological polar surface area (TPSA) is 61.0 Å². The first kappa shape index (κ1) is 10.2. The maximum Gasteiger partial charge on any atom is 0.223 e. The van der Waals surface area contributed by atoms with E-state index >= 15 is 0 Å². The third kappa shape index (κ3) is 2.81. The standard InChI is InChI=1S/C11H17N3O/c1-11(2,3)15-9-6-8(7-4-5-7)13-10(12)14-9/h6-7H,4-5H2,1-3H3,(H2,12,13,14). The van der Waals surface area contributed by atoms with Gasteiger partial charge in [-0.25, -0.2) is 4.98 Å². The van der Waals surface area contributed by atoms with Crippen LogP contribution in [-0.4, -0.2) is 15.6 Å². The first-order chi connectivity index (χ1) is 6.94. The molecule has 0 aromatic carbocycles. The Labute approximate surface area is 89.9 Å². The normalized spacial score (nSPS) is 16.5. The Kier molecular flexibility index (Phi) is 2.29. The van der Waals surface area contributed by atoms with Crippen molar-refractivity contribution in [3.05, 3.63) is 11.8 Å². The third-order valence-electron chi connectivity index (χ3n) is 2.15.